The van der Waals surface area contributed by atoms with Crippen LogP contribution in [0.5, 0.6) is 0 Å². The highest BCUT2D eigenvalue weighted by molar-refractivity contribution is 6.74. The van der Waals surface area contributed by atoms with E-state index in [2.05, 4.69) is 45.7 Å². The van der Waals surface area contributed by atoms with Crippen LogP contribution in [0.1, 0.15) is 52.2 Å². The Morgan fingerprint density at radius 1 is 1.21 bits per heavy atom. The van der Waals surface area contributed by atoms with E-state index in [0.717, 1.165) is 18.4 Å². The first-order chi connectivity index (χ1) is 11.1. The van der Waals surface area contributed by atoms with Crippen molar-refractivity contribution in [2.24, 2.45) is 0 Å². The van der Waals surface area contributed by atoms with Crippen LogP contribution in [0.15, 0.2) is 24.3 Å². The lowest BCUT2D eigenvalue weighted by molar-refractivity contribution is 0.0758. The Morgan fingerprint density at radius 2 is 1.83 bits per heavy atom. The number of hydrogen-bond donors (Lipinski definition) is 0. The molecule has 132 valence electrons. The molecule has 0 aromatic heterocycles. The van der Waals surface area contributed by atoms with Crippen molar-refractivity contribution in [2.75, 3.05) is 0 Å². The molecule has 2 nitrogen and oxygen atoms in total. The lowest BCUT2D eigenvalue weighted by Crippen LogP contribution is -2.43. The van der Waals surface area contributed by atoms with Crippen LogP contribution in [0.3, 0.4) is 0 Å². The van der Waals surface area contributed by atoms with Crippen LogP contribution < -0.4 is 0 Å². The summed E-state index contributed by atoms with van der Waals surface area (Å²) in [6.45, 7) is 13.2. The molecule has 24 heavy (non-hydrogen) atoms. The van der Waals surface area contributed by atoms with Gasteiger partial charge in [-0.25, -0.2) is 4.39 Å². The molecule has 0 radical (unpaired) electrons. The van der Waals surface area contributed by atoms with Crippen LogP contribution in [0.25, 0.3) is 0 Å². The molecule has 0 bridgehead atoms. The normalized spacial score (nSPS) is 22.8. The molecule has 1 heterocycles. The highest BCUT2D eigenvalue weighted by atomic mass is 28.4. The Hall–Kier alpha value is -1.15. The Balaban J connectivity index is 1.91. The lowest BCUT2D eigenvalue weighted by atomic mass is 10.1. The third-order valence-corrected chi connectivity index (χ3v) is 9.54. The standard InChI is InChI=1S/C20H29FO2Si/c1-15(23-24(5,6)20(2,3)4)7-12-18-13-14-19(22-18)16-8-10-17(21)11-9-16/h8-11,15,18-19H,13-14H2,1-6H3/t15-,18-,19+/m0/s1. The van der Waals surface area contributed by atoms with Gasteiger partial charge in [0.1, 0.15) is 18.0 Å². The van der Waals surface area contributed by atoms with Crippen LogP contribution in [0.4, 0.5) is 4.39 Å². The highest BCUT2D eigenvalue weighted by Gasteiger charge is 2.38. The van der Waals surface area contributed by atoms with Gasteiger partial charge in [-0.1, -0.05) is 44.7 Å². The summed E-state index contributed by atoms with van der Waals surface area (Å²) in [6.07, 6.45) is 1.69. The Labute approximate surface area is 146 Å². The summed E-state index contributed by atoms with van der Waals surface area (Å²) in [5.74, 6) is 6.21. The molecule has 1 fully saturated rings. The van der Waals surface area contributed by atoms with Gasteiger partial charge in [0.2, 0.25) is 0 Å². The fraction of sp³-hybridized carbons (Fsp3) is 0.600. The van der Waals surface area contributed by atoms with Crippen LogP contribution >= 0.6 is 0 Å². The summed E-state index contributed by atoms with van der Waals surface area (Å²) in [4.78, 5) is 0. The molecule has 1 saturated heterocycles. The third kappa shape index (κ3) is 4.92. The predicted octanol–water partition coefficient (Wildman–Crippen LogP) is 5.46. The van der Waals surface area contributed by atoms with Crippen molar-refractivity contribution in [2.45, 2.75) is 77.0 Å². The molecule has 4 heteroatoms. The Bertz CT molecular complexity index is 607. The predicted molar refractivity (Wildman–Crippen MR) is 98.8 cm³/mol. The first kappa shape index (κ1) is 19.2. The van der Waals surface area contributed by atoms with E-state index in [4.69, 9.17) is 9.16 Å². The van der Waals surface area contributed by atoms with Gasteiger partial charge in [-0.05, 0) is 55.6 Å². The zero-order valence-electron chi connectivity index (χ0n) is 15.7. The minimum Gasteiger partial charge on any atom is -0.404 e. The topological polar surface area (TPSA) is 18.5 Å². The van der Waals surface area contributed by atoms with Crippen molar-refractivity contribution < 1.29 is 13.6 Å². The highest BCUT2D eigenvalue weighted by Crippen LogP contribution is 2.37. The molecular formula is C20H29FO2Si. The SMILES string of the molecule is C[C@@H](C#C[C@H]1CC[C@H](c2ccc(F)cc2)O1)O[Si](C)(C)C(C)(C)C. The molecule has 0 unspecified atom stereocenters. The number of rotatable bonds is 3. The van der Waals surface area contributed by atoms with Gasteiger partial charge in [-0.3, -0.25) is 0 Å². The zero-order chi connectivity index (χ0) is 18.0. The average Bonchev–Trinajstić information content (AvgIpc) is 2.93. The Kier molecular flexibility index (Phi) is 5.90. The summed E-state index contributed by atoms with van der Waals surface area (Å²) in [6, 6.07) is 6.54. The Morgan fingerprint density at radius 3 is 2.42 bits per heavy atom. The maximum absolute atomic E-state index is 13.0. The number of hydrogen-bond acceptors (Lipinski definition) is 2. The second-order valence-corrected chi connectivity index (χ2v) is 12.8. The summed E-state index contributed by atoms with van der Waals surface area (Å²) < 4.78 is 25.3. The summed E-state index contributed by atoms with van der Waals surface area (Å²) in [5, 5.41) is 0.181. The monoisotopic (exact) mass is 348 g/mol. The molecule has 1 aromatic carbocycles. The van der Waals surface area contributed by atoms with Gasteiger partial charge in [0, 0.05) is 0 Å². The molecule has 0 saturated carbocycles. The fourth-order valence-corrected chi connectivity index (χ4v) is 3.82. The number of ether oxygens (including phenoxy) is 1. The molecule has 0 aliphatic carbocycles. The van der Waals surface area contributed by atoms with E-state index >= 15 is 0 Å². The molecule has 0 spiro atoms. The average molecular weight is 349 g/mol. The lowest BCUT2D eigenvalue weighted by Gasteiger charge is -2.37. The van der Waals surface area contributed by atoms with Crippen LogP contribution in [-0.4, -0.2) is 20.5 Å². The second kappa shape index (κ2) is 7.39. The number of benzene rings is 1. The van der Waals surface area contributed by atoms with E-state index in [9.17, 15) is 4.39 Å². The molecule has 1 aliphatic heterocycles. The minimum atomic E-state index is -1.80. The molecular weight excluding hydrogens is 319 g/mol. The van der Waals surface area contributed by atoms with Crippen molar-refractivity contribution >= 4 is 8.32 Å². The quantitative estimate of drug-likeness (QED) is 0.533. The van der Waals surface area contributed by atoms with Gasteiger partial charge in [-0.2, -0.15) is 0 Å². The maximum atomic E-state index is 13.0. The van der Waals surface area contributed by atoms with Crippen molar-refractivity contribution in [3.05, 3.63) is 35.6 Å². The summed E-state index contributed by atoms with van der Waals surface area (Å²) in [7, 11) is -1.80. The molecule has 1 aliphatic rings. The first-order valence-corrected chi connectivity index (χ1v) is 11.6. The van der Waals surface area contributed by atoms with E-state index in [1.807, 2.05) is 6.92 Å². The van der Waals surface area contributed by atoms with E-state index in [1.165, 1.54) is 12.1 Å². The van der Waals surface area contributed by atoms with Crippen LogP contribution in [-0.2, 0) is 9.16 Å². The number of halogens is 1. The molecule has 0 amide bonds. The maximum Gasteiger partial charge on any atom is 0.193 e. The van der Waals surface area contributed by atoms with Crippen molar-refractivity contribution in [1.82, 2.24) is 0 Å². The van der Waals surface area contributed by atoms with E-state index in [-0.39, 0.29) is 29.2 Å². The van der Waals surface area contributed by atoms with E-state index in [1.54, 1.807) is 12.1 Å². The minimum absolute atomic E-state index is 0.0153. The molecule has 1 aromatic rings. The van der Waals surface area contributed by atoms with E-state index < -0.39 is 8.32 Å². The van der Waals surface area contributed by atoms with Gasteiger partial charge in [0.25, 0.3) is 0 Å². The molecule has 0 N–H and O–H groups in total. The van der Waals surface area contributed by atoms with Crippen molar-refractivity contribution in [3.63, 3.8) is 0 Å². The van der Waals surface area contributed by atoms with Crippen molar-refractivity contribution in [1.29, 1.82) is 0 Å². The zero-order valence-corrected chi connectivity index (χ0v) is 16.7. The van der Waals surface area contributed by atoms with Gasteiger partial charge in [0.05, 0.1) is 6.10 Å². The van der Waals surface area contributed by atoms with Crippen LogP contribution in [0, 0.1) is 17.7 Å². The summed E-state index contributed by atoms with van der Waals surface area (Å²) in [5.41, 5.74) is 1.02. The fourth-order valence-electron chi connectivity index (χ4n) is 2.52. The van der Waals surface area contributed by atoms with Gasteiger partial charge < -0.3 is 9.16 Å². The van der Waals surface area contributed by atoms with Crippen LogP contribution in [0.2, 0.25) is 18.1 Å². The smallest absolute Gasteiger partial charge is 0.193 e. The van der Waals surface area contributed by atoms with Crippen molar-refractivity contribution in [3.8, 4) is 11.8 Å². The van der Waals surface area contributed by atoms with Gasteiger partial charge >= 0.3 is 0 Å². The van der Waals surface area contributed by atoms with E-state index in [0.29, 0.717) is 0 Å². The largest absolute Gasteiger partial charge is 0.404 e. The third-order valence-electron chi connectivity index (χ3n) is 4.99. The van der Waals surface area contributed by atoms with Gasteiger partial charge in [-0.15, -0.1) is 0 Å². The first-order valence-electron chi connectivity index (χ1n) is 8.68. The van der Waals surface area contributed by atoms with Gasteiger partial charge in [0.15, 0.2) is 8.32 Å². The second-order valence-electron chi connectivity index (χ2n) is 8.05. The molecule has 2 rings (SSSR count). The summed E-state index contributed by atoms with van der Waals surface area (Å²) >= 11 is 0. The molecule has 3 atom stereocenters.